The number of nitrogens with zero attached hydrogens (tertiary/aromatic N) is 3. The SMILES string of the molecule is O=C(N1CCCC1)[C@@]1(O)CCCN(c2ccccn2)C1. The number of likely N-dealkylation sites (tertiary alicyclic amines) is 1. The van der Waals surface area contributed by atoms with Gasteiger partial charge in [-0.05, 0) is 37.8 Å². The minimum Gasteiger partial charge on any atom is -0.378 e. The van der Waals surface area contributed by atoms with Crippen molar-refractivity contribution < 1.29 is 9.90 Å². The van der Waals surface area contributed by atoms with E-state index in [0.717, 1.165) is 44.7 Å². The Labute approximate surface area is 119 Å². The molecule has 2 aliphatic heterocycles. The summed E-state index contributed by atoms with van der Waals surface area (Å²) in [6.07, 6.45) is 5.20. The minimum atomic E-state index is -1.25. The fourth-order valence-electron chi connectivity index (χ4n) is 3.16. The summed E-state index contributed by atoms with van der Waals surface area (Å²) in [6.45, 7) is 2.75. The van der Waals surface area contributed by atoms with E-state index in [1.807, 2.05) is 28.0 Å². The topological polar surface area (TPSA) is 56.7 Å². The molecule has 1 aromatic rings. The van der Waals surface area contributed by atoms with Gasteiger partial charge >= 0.3 is 0 Å². The molecule has 108 valence electrons. The van der Waals surface area contributed by atoms with Gasteiger partial charge in [-0.15, -0.1) is 0 Å². The van der Waals surface area contributed by atoms with Crippen molar-refractivity contribution in [2.24, 2.45) is 0 Å². The lowest BCUT2D eigenvalue weighted by atomic mass is 9.91. The van der Waals surface area contributed by atoms with Gasteiger partial charge in [0.05, 0.1) is 6.54 Å². The number of amides is 1. The van der Waals surface area contributed by atoms with Crippen LogP contribution >= 0.6 is 0 Å². The van der Waals surface area contributed by atoms with Crippen LogP contribution in [0.4, 0.5) is 5.82 Å². The van der Waals surface area contributed by atoms with Gasteiger partial charge in [-0.25, -0.2) is 4.98 Å². The quantitative estimate of drug-likeness (QED) is 0.876. The highest BCUT2D eigenvalue weighted by Crippen LogP contribution is 2.27. The van der Waals surface area contributed by atoms with Crippen molar-refractivity contribution in [2.45, 2.75) is 31.3 Å². The Morgan fingerprint density at radius 3 is 2.70 bits per heavy atom. The Balaban J connectivity index is 1.75. The summed E-state index contributed by atoms with van der Waals surface area (Å²) in [5, 5.41) is 10.8. The number of carbonyl (C=O) groups excluding carboxylic acids is 1. The molecule has 3 heterocycles. The van der Waals surface area contributed by atoms with Crippen molar-refractivity contribution in [3.05, 3.63) is 24.4 Å². The van der Waals surface area contributed by atoms with Crippen molar-refractivity contribution in [3.8, 4) is 0 Å². The lowest BCUT2D eigenvalue weighted by Gasteiger charge is -2.40. The standard InChI is InChI=1S/C15H21N3O2/c19-14(17-9-3-4-10-17)15(20)7-5-11-18(12-15)13-6-1-2-8-16-13/h1-2,6,8,20H,3-5,7,9-12H2/t15-/m1/s1. The van der Waals surface area contributed by atoms with Gasteiger partial charge in [0.15, 0.2) is 5.60 Å². The highest BCUT2D eigenvalue weighted by molar-refractivity contribution is 5.86. The fourth-order valence-corrected chi connectivity index (χ4v) is 3.16. The van der Waals surface area contributed by atoms with Crippen molar-refractivity contribution >= 4 is 11.7 Å². The van der Waals surface area contributed by atoms with Gasteiger partial charge in [-0.2, -0.15) is 0 Å². The van der Waals surface area contributed by atoms with Crippen LogP contribution in [-0.4, -0.2) is 52.7 Å². The first-order chi connectivity index (χ1) is 9.69. The van der Waals surface area contributed by atoms with Crippen LogP contribution in [-0.2, 0) is 4.79 Å². The second-order valence-electron chi connectivity index (χ2n) is 5.74. The largest absolute Gasteiger partial charge is 0.378 e. The Morgan fingerprint density at radius 1 is 1.20 bits per heavy atom. The van der Waals surface area contributed by atoms with Crippen LogP contribution < -0.4 is 4.90 Å². The Hall–Kier alpha value is -1.62. The Morgan fingerprint density at radius 2 is 2.00 bits per heavy atom. The van der Waals surface area contributed by atoms with Crippen LogP contribution in [0.2, 0.25) is 0 Å². The van der Waals surface area contributed by atoms with Crippen LogP contribution in [0.5, 0.6) is 0 Å². The molecular weight excluding hydrogens is 254 g/mol. The van der Waals surface area contributed by atoms with Crippen molar-refractivity contribution in [1.82, 2.24) is 9.88 Å². The van der Waals surface area contributed by atoms with Crippen molar-refractivity contribution in [1.29, 1.82) is 0 Å². The number of β-amino-alcohol motifs (C(OH)–C–C–N with tert-alkyl or cyclic N) is 1. The first-order valence-electron chi connectivity index (χ1n) is 7.37. The van der Waals surface area contributed by atoms with E-state index in [-0.39, 0.29) is 5.91 Å². The molecule has 5 nitrogen and oxygen atoms in total. The van der Waals surface area contributed by atoms with Gasteiger partial charge in [0.1, 0.15) is 5.82 Å². The highest BCUT2D eigenvalue weighted by Gasteiger charge is 2.43. The summed E-state index contributed by atoms with van der Waals surface area (Å²) < 4.78 is 0. The van der Waals surface area contributed by atoms with E-state index in [1.165, 1.54) is 0 Å². The number of rotatable bonds is 2. The molecule has 0 unspecified atom stereocenters. The number of pyridine rings is 1. The van der Waals surface area contributed by atoms with Gasteiger partial charge in [-0.1, -0.05) is 6.07 Å². The van der Waals surface area contributed by atoms with Crippen molar-refractivity contribution in [2.75, 3.05) is 31.1 Å². The number of hydrogen-bond donors (Lipinski definition) is 1. The second kappa shape index (κ2) is 5.40. The van der Waals surface area contributed by atoms with Crippen molar-refractivity contribution in [3.63, 3.8) is 0 Å². The Bertz CT molecular complexity index is 473. The summed E-state index contributed by atoms with van der Waals surface area (Å²) in [7, 11) is 0. The maximum absolute atomic E-state index is 12.5. The van der Waals surface area contributed by atoms with Crippen LogP contribution in [0.25, 0.3) is 0 Å². The maximum atomic E-state index is 12.5. The molecule has 0 radical (unpaired) electrons. The molecule has 2 fully saturated rings. The molecule has 2 saturated heterocycles. The van der Waals surface area contributed by atoms with E-state index in [4.69, 9.17) is 0 Å². The average molecular weight is 275 g/mol. The number of aromatic nitrogens is 1. The van der Waals surface area contributed by atoms with Crippen LogP contribution in [0.15, 0.2) is 24.4 Å². The van der Waals surface area contributed by atoms with Gasteiger partial charge in [0.25, 0.3) is 5.91 Å². The third-order valence-corrected chi connectivity index (χ3v) is 4.24. The molecule has 0 bridgehead atoms. The number of aliphatic hydroxyl groups is 1. The Kier molecular flexibility index (Phi) is 3.61. The molecule has 1 atom stereocenters. The molecular formula is C15H21N3O2. The first kappa shape index (κ1) is 13.4. The molecule has 1 N–H and O–H groups in total. The summed E-state index contributed by atoms with van der Waals surface area (Å²) in [5.74, 6) is 0.732. The number of anilines is 1. The molecule has 0 aliphatic carbocycles. The maximum Gasteiger partial charge on any atom is 0.256 e. The van der Waals surface area contributed by atoms with E-state index >= 15 is 0 Å². The summed E-state index contributed by atoms with van der Waals surface area (Å²) in [5.41, 5.74) is -1.25. The van der Waals surface area contributed by atoms with Gasteiger partial charge < -0.3 is 14.9 Å². The van der Waals surface area contributed by atoms with Crippen LogP contribution in [0.3, 0.4) is 0 Å². The molecule has 20 heavy (non-hydrogen) atoms. The smallest absolute Gasteiger partial charge is 0.256 e. The number of carbonyl (C=O) groups is 1. The molecule has 3 rings (SSSR count). The molecule has 0 saturated carbocycles. The minimum absolute atomic E-state index is 0.101. The summed E-state index contributed by atoms with van der Waals surface area (Å²) in [6, 6.07) is 5.72. The van der Waals surface area contributed by atoms with Crippen LogP contribution in [0.1, 0.15) is 25.7 Å². The zero-order valence-corrected chi connectivity index (χ0v) is 11.7. The van der Waals surface area contributed by atoms with Gasteiger partial charge in [-0.3, -0.25) is 4.79 Å². The molecule has 1 amide bonds. The lowest BCUT2D eigenvalue weighted by molar-refractivity contribution is -0.151. The average Bonchev–Trinajstić information content (AvgIpc) is 3.01. The molecule has 1 aromatic heterocycles. The summed E-state index contributed by atoms with van der Waals surface area (Å²) in [4.78, 5) is 20.7. The fraction of sp³-hybridized carbons (Fsp3) is 0.600. The normalized spacial score (nSPS) is 26.9. The van der Waals surface area contributed by atoms with E-state index in [0.29, 0.717) is 13.0 Å². The second-order valence-corrected chi connectivity index (χ2v) is 5.74. The zero-order chi connectivity index (χ0) is 14.0. The monoisotopic (exact) mass is 275 g/mol. The number of piperidine rings is 1. The number of hydrogen-bond acceptors (Lipinski definition) is 4. The van der Waals surface area contributed by atoms with E-state index < -0.39 is 5.60 Å². The predicted molar refractivity (Wildman–Crippen MR) is 76.4 cm³/mol. The van der Waals surface area contributed by atoms with Gasteiger partial charge in [0.2, 0.25) is 0 Å². The van der Waals surface area contributed by atoms with E-state index in [2.05, 4.69) is 4.98 Å². The molecule has 2 aliphatic rings. The predicted octanol–water partition coefficient (Wildman–Crippen LogP) is 1.04. The van der Waals surface area contributed by atoms with Gasteiger partial charge in [0, 0.05) is 25.8 Å². The van der Waals surface area contributed by atoms with E-state index in [1.54, 1.807) is 6.20 Å². The van der Waals surface area contributed by atoms with Crippen LogP contribution in [0, 0.1) is 0 Å². The first-order valence-corrected chi connectivity index (χ1v) is 7.37. The molecule has 0 aromatic carbocycles. The summed E-state index contributed by atoms with van der Waals surface area (Å²) >= 11 is 0. The lowest BCUT2D eigenvalue weighted by Crippen LogP contribution is -2.57. The van der Waals surface area contributed by atoms with E-state index in [9.17, 15) is 9.90 Å². The third-order valence-electron chi connectivity index (χ3n) is 4.24. The zero-order valence-electron chi connectivity index (χ0n) is 11.7. The molecule has 0 spiro atoms. The third kappa shape index (κ3) is 2.50. The molecule has 5 heteroatoms. The highest BCUT2D eigenvalue weighted by atomic mass is 16.3.